The quantitative estimate of drug-likeness (QED) is 0.284. The number of esters is 1. The largest absolute Gasteiger partial charge is 0.490 e. The van der Waals surface area contributed by atoms with E-state index in [0.717, 1.165) is 27.9 Å². The van der Waals surface area contributed by atoms with Crippen LogP contribution in [0.3, 0.4) is 0 Å². The molecule has 1 aliphatic rings. The van der Waals surface area contributed by atoms with Gasteiger partial charge in [0, 0.05) is 16.1 Å². The van der Waals surface area contributed by atoms with E-state index >= 15 is 0 Å². The molecular formula is C18H20BrN3O5S. The fraction of sp³-hybridized carbons (Fsp3) is 0.333. The van der Waals surface area contributed by atoms with Gasteiger partial charge in [0.15, 0.2) is 16.7 Å². The summed E-state index contributed by atoms with van der Waals surface area (Å²) in [7, 11) is 1.24. The topological polar surface area (TPSA) is 98.6 Å². The van der Waals surface area contributed by atoms with Gasteiger partial charge in [0.1, 0.15) is 0 Å². The summed E-state index contributed by atoms with van der Waals surface area (Å²) in [5.41, 5.74) is 0.726. The first kappa shape index (κ1) is 22.0. The van der Waals surface area contributed by atoms with Gasteiger partial charge in [0.25, 0.3) is 5.91 Å². The van der Waals surface area contributed by atoms with E-state index in [4.69, 9.17) is 9.47 Å². The highest BCUT2D eigenvalue weighted by atomic mass is 79.9. The molecule has 0 radical (unpaired) electrons. The van der Waals surface area contributed by atoms with Crippen molar-refractivity contribution < 1.29 is 23.8 Å². The zero-order valence-electron chi connectivity index (χ0n) is 15.8. The summed E-state index contributed by atoms with van der Waals surface area (Å²) in [4.78, 5) is 23.2. The lowest BCUT2D eigenvalue weighted by atomic mass is 10.2. The second-order valence-electron chi connectivity index (χ2n) is 5.66. The van der Waals surface area contributed by atoms with E-state index in [1.54, 1.807) is 6.07 Å². The number of thioether (sulfide) groups is 1. The van der Waals surface area contributed by atoms with E-state index in [0.29, 0.717) is 18.1 Å². The molecule has 0 atom stereocenters. The number of amidine groups is 1. The highest BCUT2D eigenvalue weighted by molar-refractivity contribution is 9.10. The van der Waals surface area contributed by atoms with Crippen LogP contribution in [0.2, 0.25) is 0 Å². The minimum atomic E-state index is -0.613. The smallest absolute Gasteiger partial charge is 0.331 e. The van der Waals surface area contributed by atoms with E-state index < -0.39 is 11.9 Å². The van der Waals surface area contributed by atoms with Gasteiger partial charge in [-0.05, 0) is 60.6 Å². The molecule has 0 saturated carbocycles. The summed E-state index contributed by atoms with van der Waals surface area (Å²) in [5, 5.41) is 10.8. The van der Waals surface area contributed by atoms with Gasteiger partial charge in [-0.15, -0.1) is 5.10 Å². The van der Waals surface area contributed by atoms with Crippen LogP contribution in [0.4, 0.5) is 0 Å². The molecule has 0 unspecified atom stereocenters. The number of carbonyl (C=O) groups is 2. The number of rotatable bonds is 7. The van der Waals surface area contributed by atoms with E-state index in [1.807, 2.05) is 26.8 Å². The summed E-state index contributed by atoms with van der Waals surface area (Å²) in [6.45, 7) is 6.25. The van der Waals surface area contributed by atoms with Crippen molar-refractivity contribution in [2.45, 2.75) is 26.9 Å². The number of methoxy groups -OCH3 is 1. The SMILES string of the molecule is CCOc1cc(C=N/N=C2/NC(=O)/C(=C\C(=O)OC)S2)c(Br)cc1OC(C)C. The molecule has 0 aromatic heterocycles. The van der Waals surface area contributed by atoms with Crippen molar-refractivity contribution in [2.24, 2.45) is 10.2 Å². The number of carbonyl (C=O) groups excluding carboxylic acids is 2. The molecule has 0 spiro atoms. The average Bonchev–Trinajstić information content (AvgIpc) is 2.97. The summed E-state index contributed by atoms with van der Waals surface area (Å²) >= 11 is 4.48. The summed E-state index contributed by atoms with van der Waals surface area (Å²) in [6, 6.07) is 3.60. The first-order valence-electron chi connectivity index (χ1n) is 8.36. The van der Waals surface area contributed by atoms with Crippen molar-refractivity contribution in [3.05, 3.63) is 33.2 Å². The van der Waals surface area contributed by atoms with Crippen LogP contribution >= 0.6 is 27.7 Å². The Balaban J connectivity index is 2.19. The van der Waals surface area contributed by atoms with E-state index in [1.165, 1.54) is 13.3 Å². The highest BCUT2D eigenvalue weighted by Gasteiger charge is 2.25. The Morgan fingerprint density at radius 2 is 2.11 bits per heavy atom. The minimum Gasteiger partial charge on any atom is -0.490 e. The van der Waals surface area contributed by atoms with Crippen molar-refractivity contribution >= 4 is 51.0 Å². The molecular weight excluding hydrogens is 450 g/mol. The Labute approximate surface area is 175 Å². The maximum absolute atomic E-state index is 11.8. The van der Waals surface area contributed by atoms with Gasteiger partial charge in [-0.3, -0.25) is 10.1 Å². The summed E-state index contributed by atoms with van der Waals surface area (Å²) in [6.07, 6.45) is 2.63. The Morgan fingerprint density at radius 3 is 2.75 bits per heavy atom. The lowest BCUT2D eigenvalue weighted by molar-refractivity contribution is -0.135. The lowest BCUT2D eigenvalue weighted by Gasteiger charge is -2.15. The number of nitrogens with zero attached hydrogens (tertiary/aromatic N) is 2. The van der Waals surface area contributed by atoms with Crippen molar-refractivity contribution in [3.63, 3.8) is 0 Å². The van der Waals surface area contributed by atoms with Crippen LogP contribution in [-0.4, -0.2) is 43.1 Å². The zero-order chi connectivity index (χ0) is 20.7. The maximum Gasteiger partial charge on any atom is 0.331 e. The first-order chi connectivity index (χ1) is 13.3. The number of nitrogens with one attached hydrogen (secondary N) is 1. The second kappa shape index (κ2) is 10.3. The molecule has 0 bridgehead atoms. The molecule has 10 heteroatoms. The molecule has 28 heavy (non-hydrogen) atoms. The van der Waals surface area contributed by atoms with E-state index in [9.17, 15) is 9.59 Å². The normalized spacial score (nSPS) is 16.9. The molecule has 1 amide bonds. The standard InChI is InChI=1S/C18H20BrN3O5S/c1-5-26-13-6-11(12(19)7-14(13)27-10(2)3)9-20-22-18-21-17(24)15(28-18)8-16(23)25-4/h6-10H,5H2,1-4H3,(H,21,22,24)/b15-8+,20-9?. The number of benzene rings is 1. The molecule has 8 nitrogen and oxygen atoms in total. The number of hydrogen-bond acceptors (Lipinski definition) is 8. The molecule has 1 aliphatic heterocycles. The third kappa shape index (κ3) is 6.10. The predicted octanol–water partition coefficient (Wildman–Crippen LogP) is 3.24. The maximum atomic E-state index is 11.8. The number of halogens is 1. The van der Waals surface area contributed by atoms with Gasteiger partial charge in [0.2, 0.25) is 0 Å². The average molecular weight is 470 g/mol. The number of hydrogen-bond donors (Lipinski definition) is 1. The summed E-state index contributed by atoms with van der Waals surface area (Å²) in [5.74, 6) is 0.182. The van der Waals surface area contributed by atoms with Crippen molar-refractivity contribution in [2.75, 3.05) is 13.7 Å². The first-order valence-corrected chi connectivity index (χ1v) is 9.97. The van der Waals surface area contributed by atoms with Crippen LogP contribution in [0.1, 0.15) is 26.3 Å². The fourth-order valence-electron chi connectivity index (χ4n) is 2.05. The Morgan fingerprint density at radius 1 is 1.36 bits per heavy atom. The van der Waals surface area contributed by atoms with Gasteiger partial charge in [-0.1, -0.05) is 0 Å². The van der Waals surface area contributed by atoms with Crippen molar-refractivity contribution in [1.29, 1.82) is 0 Å². The Hall–Kier alpha value is -2.33. The molecule has 0 aliphatic carbocycles. The van der Waals surface area contributed by atoms with E-state index in [-0.39, 0.29) is 16.2 Å². The van der Waals surface area contributed by atoms with Crippen molar-refractivity contribution in [1.82, 2.24) is 5.32 Å². The molecule has 1 N–H and O–H groups in total. The summed E-state index contributed by atoms with van der Waals surface area (Å²) < 4.78 is 16.7. The van der Waals surface area contributed by atoms with Crippen LogP contribution in [0.25, 0.3) is 0 Å². The van der Waals surface area contributed by atoms with E-state index in [2.05, 4.69) is 36.2 Å². The van der Waals surface area contributed by atoms with Crippen LogP contribution in [-0.2, 0) is 14.3 Å². The minimum absolute atomic E-state index is 0.00673. The predicted molar refractivity (Wildman–Crippen MR) is 112 cm³/mol. The highest BCUT2D eigenvalue weighted by Crippen LogP contribution is 2.34. The van der Waals surface area contributed by atoms with Crippen molar-refractivity contribution in [3.8, 4) is 11.5 Å². The second-order valence-corrected chi connectivity index (χ2v) is 7.54. The Bertz CT molecular complexity index is 852. The molecule has 1 saturated heterocycles. The molecule has 1 aromatic carbocycles. The van der Waals surface area contributed by atoms with Crippen LogP contribution in [0.5, 0.6) is 11.5 Å². The number of ether oxygens (including phenoxy) is 3. The molecule has 2 rings (SSSR count). The molecule has 1 fully saturated rings. The molecule has 1 heterocycles. The zero-order valence-corrected chi connectivity index (χ0v) is 18.2. The lowest BCUT2D eigenvalue weighted by Crippen LogP contribution is -2.19. The van der Waals surface area contributed by atoms with Crippen LogP contribution in [0.15, 0.2) is 37.8 Å². The van der Waals surface area contributed by atoms with Gasteiger partial charge in [-0.25, -0.2) is 4.79 Å². The number of amides is 1. The van der Waals surface area contributed by atoms with Crippen LogP contribution < -0.4 is 14.8 Å². The molecule has 150 valence electrons. The third-order valence-electron chi connectivity index (χ3n) is 3.17. The van der Waals surface area contributed by atoms with Crippen LogP contribution in [0, 0.1) is 0 Å². The monoisotopic (exact) mass is 469 g/mol. The molecule has 1 aromatic rings. The Kier molecular flexibility index (Phi) is 8.06. The van der Waals surface area contributed by atoms with Gasteiger partial charge >= 0.3 is 5.97 Å². The van der Waals surface area contributed by atoms with Gasteiger partial charge in [0.05, 0.1) is 30.9 Å². The van der Waals surface area contributed by atoms with Gasteiger partial charge in [-0.2, -0.15) is 5.10 Å². The van der Waals surface area contributed by atoms with Gasteiger partial charge < -0.3 is 14.2 Å². The fourth-order valence-corrected chi connectivity index (χ4v) is 3.21. The third-order valence-corrected chi connectivity index (χ3v) is 4.76.